The number of aryl methyl sites for hydroxylation is 1. The largest absolute Gasteiger partial charge is 0.455 e. The van der Waals surface area contributed by atoms with Crippen LogP contribution in [-0.2, 0) is 11.3 Å². The Bertz CT molecular complexity index is 1030. The lowest BCUT2D eigenvalue weighted by Crippen LogP contribution is -2.11. The van der Waals surface area contributed by atoms with Crippen molar-refractivity contribution in [2.24, 2.45) is 0 Å². The molecule has 0 radical (unpaired) electrons. The van der Waals surface area contributed by atoms with Crippen molar-refractivity contribution < 1.29 is 9.53 Å². The van der Waals surface area contributed by atoms with Gasteiger partial charge in [0, 0.05) is 12.2 Å². The number of para-hydroxylation sites is 1. The lowest BCUT2D eigenvalue weighted by atomic mass is 10.2. The lowest BCUT2D eigenvalue weighted by Gasteiger charge is -2.09. The summed E-state index contributed by atoms with van der Waals surface area (Å²) < 4.78 is 7.10. The van der Waals surface area contributed by atoms with E-state index in [1.165, 1.54) is 6.20 Å². The number of hydrogen-bond donors (Lipinski definition) is 1. The van der Waals surface area contributed by atoms with Gasteiger partial charge < -0.3 is 10.1 Å². The molecule has 2 aromatic heterocycles. The Balaban J connectivity index is 1.51. The van der Waals surface area contributed by atoms with Crippen LogP contribution in [0.4, 0.5) is 5.82 Å². The predicted molar refractivity (Wildman–Crippen MR) is 103 cm³/mol. The molecule has 140 valence electrons. The first-order valence-corrected chi connectivity index (χ1v) is 9.09. The molecule has 0 unspecified atom stereocenters. The van der Waals surface area contributed by atoms with Crippen LogP contribution in [0.3, 0.4) is 0 Å². The van der Waals surface area contributed by atoms with Crippen LogP contribution in [0.2, 0.25) is 0 Å². The van der Waals surface area contributed by atoms with Gasteiger partial charge in [-0.2, -0.15) is 10.4 Å². The number of nitrogens with one attached hydrogen (secondary N) is 1. The fourth-order valence-corrected chi connectivity index (χ4v) is 2.89. The minimum absolute atomic E-state index is 0.0560. The highest BCUT2D eigenvalue weighted by Crippen LogP contribution is 2.24. The molecule has 28 heavy (non-hydrogen) atoms. The van der Waals surface area contributed by atoms with Crippen LogP contribution in [0.25, 0.3) is 5.69 Å². The smallest absolute Gasteiger partial charge is 0.340 e. The third-order valence-electron chi connectivity index (χ3n) is 4.54. The number of aromatic nitrogens is 3. The maximum atomic E-state index is 12.4. The van der Waals surface area contributed by atoms with Crippen LogP contribution in [0.5, 0.6) is 0 Å². The normalized spacial score (nSPS) is 13.0. The summed E-state index contributed by atoms with van der Waals surface area (Å²) in [5.74, 6) is 0.261. The first-order chi connectivity index (χ1) is 13.7. The maximum Gasteiger partial charge on any atom is 0.340 e. The Kier molecular flexibility index (Phi) is 4.77. The van der Waals surface area contributed by atoms with Gasteiger partial charge in [-0.15, -0.1) is 0 Å². The summed E-state index contributed by atoms with van der Waals surface area (Å²) in [4.78, 5) is 16.7. The Morgan fingerprint density at radius 1 is 1.29 bits per heavy atom. The predicted octanol–water partition coefficient (Wildman–Crippen LogP) is 3.38. The monoisotopic (exact) mass is 373 g/mol. The van der Waals surface area contributed by atoms with Crippen LogP contribution in [0.1, 0.15) is 40.2 Å². The summed E-state index contributed by atoms with van der Waals surface area (Å²) in [6, 6.07) is 15.5. The molecule has 3 aromatic rings. The molecule has 0 saturated heterocycles. The van der Waals surface area contributed by atoms with E-state index in [-0.39, 0.29) is 6.61 Å². The molecule has 0 atom stereocenters. The topological polar surface area (TPSA) is 92.8 Å². The zero-order chi connectivity index (χ0) is 19.5. The molecule has 1 aliphatic rings. The Morgan fingerprint density at radius 3 is 2.71 bits per heavy atom. The van der Waals surface area contributed by atoms with E-state index in [0.29, 0.717) is 28.6 Å². The third-order valence-corrected chi connectivity index (χ3v) is 4.54. The standard InChI is InChI=1S/C21H19N5O2/c1-14-18(11-22)19(26(25-14)17-5-3-2-4-6-17)13-28-21(27)15-7-10-20(23-12-15)24-16-8-9-16/h2-7,10,12,16H,8-9,13H2,1H3,(H,23,24). The third kappa shape index (κ3) is 3.71. The van der Waals surface area contributed by atoms with E-state index in [4.69, 9.17) is 4.74 Å². The molecule has 1 N–H and O–H groups in total. The van der Waals surface area contributed by atoms with Crippen molar-refractivity contribution in [2.75, 3.05) is 5.32 Å². The average Bonchev–Trinajstić information content (AvgIpc) is 3.48. The summed E-state index contributed by atoms with van der Waals surface area (Å²) in [7, 11) is 0. The number of hydrogen-bond acceptors (Lipinski definition) is 6. The molecule has 1 aromatic carbocycles. The quantitative estimate of drug-likeness (QED) is 0.666. The Hall–Kier alpha value is -3.66. The number of carbonyl (C=O) groups is 1. The fraction of sp³-hybridized carbons (Fsp3) is 0.238. The van der Waals surface area contributed by atoms with Crippen molar-refractivity contribution in [1.82, 2.24) is 14.8 Å². The van der Waals surface area contributed by atoms with Gasteiger partial charge in [0.1, 0.15) is 24.1 Å². The van der Waals surface area contributed by atoms with Crippen molar-refractivity contribution in [2.45, 2.75) is 32.4 Å². The van der Waals surface area contributed by atoms with E-state index in [9.17, 15) is 10.1 Å². The van der Waals surface area contributed by atoms with Crippen molar-refractivity contribution in [3.05, 3.63) is 71.2 Å². The van der Waals surface area contributed by atoms with Gasteiger partial charge in [-0.05, 0) is 44.0 Å². The van der Waals surface area contributed by atoms with Gasteiger partial charge in [-0.1, -0.05) is 18.2 Å². The SMILES string of the molecule is Cc1nn(-c2ccccc2)c(COC(=O)c2ccc(NC3CC3)nc2)c1C#N. The number of carbonyl (C=O) groups excluding carboxylic acids is 1. The highest BCUT2D eigenvalue weighted by molar-refractivity contribution is 5.89. The highest BCUT2D eigenvalue weighted by Gasteiger charge is 2.22. The lowest BCUT2D eigenvalue weighted by molar-refractivity contribution is 0.0464. The van der Waals surface area contributed by atoms with Gasteiger partial charge in [0.25, 0.3) is 0 Å². The van der Waals surface area contributed by atoms with E-state index in [1.54, 1.807) is 23.7 Å². The van der Waals surface area contributed by atoms with E-state index in [1.807, 2.05) is 30.3 Å². The second kappa shape index (κ2) is 7.53. The van der Waals surface area contributed by atoms with Gasteiger partial charge >= 0.3 is 5.97 Å². The summed E-state index contributed by atoms with van der Waals surface area (Å²) in [6.07, 6.45) is 3.81. The van der Waals surface area contributed by atoms with E-state index < -0.39 is 5.97 Å². The van der Waals surface area contributed by atoms with Gasteiger partial charge in [0.05, 0.1) is 22.6 Å². The van der Waals surface area contributed by atoms with Gasteiger partial charge in [-0.3, -0.25) is 0 Å². The minimum atomic E-state index is -0.493. The summed E-state index contributed by atoms with van der Waals surface area (Å²) in [5, 5.41) is 17.2. The number of anilines is 1. The Morgan fingerprint density at radius 2 is 2.07 bits per heavy atom. The highest BCUT2D eigenvalue weighted by atomic mass is 16.5. The molecule has 2 heterocycles. The van der Waals surface area contributed by atoms with Crippen LogP contribution in [-0.4, -0.2) is 26.8 Å². The minimum Gasteiger partial charge on any atom is -0.455 e. The first-order valence-electron chi connectivity index (χ1n) is 9.09. The molecule has 1 saturated carbocycles. The molecule has 4 rings (SSSR count). The zero-order valence-electron chi connectivity index (χ0n) is 15.4. The molecule has 7 nitrogen and oxygen atoms in total. The number of ether oxygens (including phenoxy) is 1. The number of benzene rings is 1. The second-order valence-corrected chi connectivity index (χ2v) is 6.69. The van der Waals surface area contributed by atoms with E-state index in [2.05, 4.69) is 21.5 Å². The number of nitriles is 1. The zero-order valence-corrected chi connectivity index (χ0v) is 15.4. The summed E-state index contributed by atoms with van der Waals surface area (Å²) in [6.45, 7) is 1.71. The first kappa shape index (κ1) is 17.7. The van der Waals surface area contributed by atoms with Gasteiger partial charge in [0.15, 0.2) is 0 Å². The van der Waals surface area contributed by atoms with Crippen LogP contribution in [0.15, 0.2) is 48.7 Å². The van der Waals surface area contributed by atoms with Crippen molar-refractivity contribution >= 4 is 11.8 Å². The Labute approximate surface area is 162 Å². The van der Waals surface area contributed by atoms with Crippen LogP contribution < -0.4 is 5.32 Å². The number of rotatable bonds is 6. The summed E-state index contributed by atoms with van der Waals surface area (Å²) >= 11 is 0. The van der Waals surface area contributed by atoms with Crippen LogP contribution >= 0.6 is 0 Å². The fourth-order valence-electron chi connectivity index (χ4n) is 2.89. The molecular formula is C21H19N5O2. The van der Waals surface area contributed by atoms with Crippen molar-refractivity contribution in [3.8, 4) is 11.8 Å². The van der Waals surface area contributed by atoms with E-state index in [0.717, 1.165) is 24.3 Å². The summed E-state index contributed by atoms with van der Waals surface area (Å²) in [5.41, 5.74) is 2.71. The van der Waals surface area contributed by atoms with Crippen LogP contribution in [0, 0.1) is 18.3 Å². The molecule has 0 bridgehead atoms. The number of nitrogens with zero attached hydrogens (tertiary/aromatic N) is 4. The van der Waals surface area contributed by atoms with Crippen molar-refractivity contribution in [1.29, 1.82) is 5.26 Å². The van der Waals surface area contributed by atoms with Gasteiger partial charge in [0.2, 0.25) is 0 Å². The molecule has 0 aliphatic heterocycles. The van der Waals surface area contributed by atoms with Crippen molar-refractivity contribution in [3.63, 3.8) is 0 Å². The molecule has 1 fully saturated rings. The molecule has 0 spiro atoms. The number of pyridine rings is 1. The number of esters is 1. The average molecular weight is 373 g/mol. The van der Waals surface area contributed by atoms with E-state index >= 15 is 0 Å². The molecule has 7 heteroatoms. The molecular weight excluding hydrogens is 354 g/mol. The second-order valence-electron chi connectivity index (χ2n) is 6.69. The maximum absolute atomic E-state index is 12.4. The van der Waals surface area contributed by atoms with Gasteiger partial charge in [-0.25, -0.2) is 14.5 Å². The molecule has 1 aliphatic carbocycles. The molecule has 0 amide bonds.